The Balaban J connectivity index is 1.05. The first kappa shape index (κ1) is 30.1. The van der Waals surface area contributed by atoms with Crippen molar-refractivity contribution in [3.05, 3.63) is 194 Å². The summed E-state index contributed by atoms with van der Waals surface area (Å²) in [6, 6.07) is 70.3. The van der Waals surface area contributed by atoms with Crippen molar-refractivity contribution in [3.8, 4) is 33.6 Å². The predicted molar refractivity (Wildman–Crippen MR) is 231 cm³/mol. The van der Waals surface area contributed by atoms with Gasteiger partial charge in [0, 0.05) is 32.3 Å². The highest BCUT2D eigenvalue weighted by atomic mass is 16.3. The van der Waals surface area contributed by atoms with Gasteiger partial charge in [-0.2, -0.15) is 0 Å². The molecule has 0 unspecified atom stereocenters. The number of hydrogen-bond donors (Lipinski definition) is 0. The third kappa shape index (κ3) is 4.38. The molecule has 3 heterocycles. The van der Waals surface area contributed by atoms with Crippen molar-refractivity contribution in [2.45, 2.75) is 0 Å². The zero-order chi connectivity index (χ0) is 36.0. The quantitative estimate of drug-likeness (QED) is 0.179. The molecule has 256 valence electrons. The van der Waals surface area contributed by atoms with E-state index in [0.717, 1.165) is 27.6 Å². The summed E-state index contributed by atoms with van der Waals surface area (Å²) in [5, 5.41) is 9.68. The van der Waals surface area contributed by atoms with Crippen LogP contribution in [0.25, 0.3) is 110 Å². The van der Waals surface area contributed by atoms with Crippen LogP contribution in [-0.2, 0) is 0 Å². The zero-order valence-corrected chi connectivity index (χ0v) is 29.8. The highest BCUT2D eigenvalue weighted by Crippen LogP contribution is 2.42. The number of fused-ring (bicyclic) bond motifs is 10. The molecule has 55 heavy (non-hydrogen) atoms. The van der Waals surface area contributed by atoms with Crippen molar-refractivity contribution in [2.24, 2.45) is 0 Å². The molecule has 9 aromatic carbocycles. The first-order valence-electron chi connectivity index (χ1n) is 18.9. The second-order valence-corrected chi connectivity index (χ2v) is 14.5. The normalized spacial score (nSPS) is 12.0. The largest absolute Gasteiger partial charge is 0.456 e. The number of furan rings is 1. The summed E-state index contributed by atoms with van der Waals surface area (Å²) in [6.45, 7) is 0. The van der Waals surface area contributed by atoms with Gasteiger partial charge in [0.25, 0.3) is 0 Å². The van der Waals surface area contributed by atoms with Crippen LogP contribution in [0, 0.1) is 0 Å². The molecule has 0 atom stereocenters. The lowest BCUT2D eigenvalue weighted by molar-refractivity contribution is 0.669. The van der Waals surface area contributed by atoms with Gasteiger partial charge in [-0.1, -0.05) is 133 Å². The summed E-state index contributed by atoms with van der Waals surface area (Å²) < 4.78 is 11.2. The fourth-order valence-corrected chi connectivity index (χ4v) is 9.11. The molecule has 0 saturated heterocycles. The highest BCUT2D eigenvalue weighted by Gasteiger charge is 2.20. The topological polar surface area (TPSA) is 23.0 Å². The average molecular weight is 701 g/mol. The molecule has 0 amide bonds. The van der Waals surface area contributed by atoms with Crippen LogP contribution in [0.1, 0.15) is 0 Å². The minimum Gasteiger partial charge on any atom is -0.456 e. The van der Waals surface area contributed by atoms with E-state index in [1.807, 2.05) is 6.07 Å². The maximum absolute atomic E-state index is 6.32. The number of nitrogens with zero attached hydrogens (tertiary/aromatic N) is 2. The van der Waals surface area contributed by atoms with Crippen molar-refractivity contribution in [3.63, 3.8) is 0 Å². The molecule has 12 aromatic rings. The Labute approximate surface area is 316 Å². The van der Waals surface area contributed by atoms with Crippen molar-refractivity contribution >= 4 is 76.3 Å². The Bertz CT molecular complexity index is 3490. The average Bonchev–Trinajstić information content (AvgIpc) is 3.91. The molecule has 12 rings (SSSR count). The Morgan fingerprint density at radius 2 is 0.818 bits per heavy atom. The van der Waals surface area contributed by atoms with Gasteiger partial charge in [0.1, 0.15) is 11.2 Å². The number of aromatic nitrogens is 2. The molecule has 0 saturated carbocycles. The van der Waals surface area contributed by atoms with Gasteiger partial charge in [-0.15, -0.1) is 0 Å². The smallest absolute Gasteiger partial charge is 0.137 e. The fraction of sp³-hybridized carbons (Fsp3) is 0. The summed E-state index contributed by atoms with van der Waals surface area (Å²) in [4.78, 5) is 0. The lowest BCUT2D eigenvalue weighted by atomic mass is 9.97. The maximum Gasteiger partial charge on any atom is 0.137 e. The van der Waals surface area contributed by atoms with Crippen LogP contribution in [-0.4, -0.2) is 9.13 Å². The Morgan fingerprint density at radius 1 is 0.291 bits per heavy atom. The maximum atomic E-state index is 6.32. The molecule has 0 fully saturated rings. The second kappa shape index (κ2) is 11.6. The summed E-state index contributed by atoms with van der Waals surface area (Å²) in [5.41, 5.74) is 13.7. The third-order valence-electron chi connectivity index (χ3n) is 11.5. The summed E-state index contributed by atoms with van der Waals surface area (Å²) in [5.74, 6) is 0. The van der Waals surface area contributed by atoms with E-state index in [-0.39, 0.29) is 0 Å². The monoisotopic (exact) mass is 700 g/mol. The number of para-hydroxylation sites is 3. The SMILES string of the molecule is c1ccc(-c2ccc(-n3c4ccccc4c4cc(-c5ccc6c(c5)c5ccccc5n6-c5cccc6oc7ccccc7c56)ccc43)c3ccccc23)cc1. The highest BCUT2D eigenvalue weighted by molar-refractivity contribution is 6.16. The van der Waals surface area contributed by atoms with Gasteiger partial charge in [-0.05, 0) is 88.3 Å². The lowest BCUT2D eigenvalue weighted by Gasteiger charge is -2.15. The summed E-state index contributed by atoms with van der Waals surface area (Å²) >= 11 is 0. The first-order chi connectivity index (χ1) is 27.3. The summed E-state index contributed by atoms with van der Waals surface area (Å²) in [7, 11) is 0. The molecule has 3 heteroatoms. The zero-order valence-electron chi connectivity index (χ0n) is 29.8. The van der Waals surface area contributed by atoms with Gasteiger partial charge in [-0.25, -0.2) is 0 Å². The van der Waals surface area contributed by atoms with Crippen molar-refractivity contribution in [1.82, 2.24) is 9.13 Å². The predicted octanol–water partition coefficient (Wildman–Crippen LogP) is 14.3. The van der Waals surface area contributed by atoms with Crippen LogP contribution >= 0.6 is 0 Å². The number of rotatable bonds is 4. The van der Waals surface area contributed by atoms with E-state index in [1.165, 1.54) is 82.3 Å². The molecule has 0 radical (unpaired) electrons. The van der Waals surface area contributed by atoms with Gasteiger partial charge in [0.2, 0.25) is 0 Å². The van der Waals surface area contributed by atoms with Crippen molar-refractivity contribution in [2.75, 3.05) is 0 Å². The minimum atomic E-state index is 0.897. The van der Waals surface area contributed by atoms with Crippen molar-refractivity contribution < 1.29 is 4.42 Å². The van der Waals surface area contributed by atoms with Crippen LogP contribution in [0.15, 0.2) is 199 Å². The molecular formula is C52H32N2O. The Morgan fingerprint density at radius 3 is 1.51 bits per heavy atom. The first-order valence-corrected chi connectivity index (χ1v) is 18.9. The standard InChI is InChI=1S/C52H32N2O/c1-2-13-33(14-3-1)36-27-30-46(38-16-5-4-15-37(36)38)53-44-20-9-6-17-39(44)42-31-34(25-28-47(42)53)35-26-29-48-43(32-35)40-18-7-10-21-45(40)54(48)49-22-12-24-51-52(49)41-19-8-11-23-50(41)55-51/h1-32H. The molecule has 0 spiro atoms. The Kier molecular flexibility index (Phi) is 6.34. The second-order valence-electron chi connectivity index (χ2n) is 14.5. The number of benzene rings is 9. The van der Waals surface area contributed by atoms with Crippen LogP contribution in [0.3, 0.4) is 0 Å². The van der Waals surface area contributed by atoms with Crippen LogP contribution in [0.2, 0.25) is 0 Å². The summed E-state index contributed by atoms with van der Waals surface area (Å²) in [6.07, 6.45) is 0. The van der Waals surface area contributed by atoms with Gasteiger partial charge in [-0.3, -0.25) is 0 Å². The molecule has 3 nitrogen and oxygen atoms in total. The van der Waals surface area contributed by atoms with Crippen LogP contribution in [0.4, 0.5) is 0 Å². The van der Waals surface area contributed by atoms with Gasteiger partial charge >= 0.3 is 0 Å². The molecule has 0 aliphatic carbocycles. The molecule has 0 aliphatic rings. The van der Waals surface area contributed by atoms with Crippen LogP contribution < -0.4 is 0 Å². The van der Waals surface area contributed by atoms with E-state index in [9.17, 15) is 0 Å². The minimum absolute atomic E-state index is 0.897. The van der Waals surface area contributed by atoms with Gasteiger partial charge in [0.15, 0.2) is 0 Å². The lowest BCUT2D eigenvalue weighted by Crippen LogP contribution is -1.96. The fourth-order valence-electron chi connectivity index (χ4n) is 9.11. The van der Waals surface area contributed by atoms with E-state index >= 15 is 0 Å². The molecule has 3 aromatic heterocycles. The van der Waals surface area contributed by atoms with Crippen molar-refractivity contribution in [1.29, 1.82) is 0 Å². The molecule has 0 aliphatic heterocycles. The van der Waals surface area contributed by atoms with Gasteiger partial charge in [0.05, 0.1) is 38.8 Å². The van der Waals surface area contributed by atoms with Crippen LogP contribution in [0.5, 0.6) is 0 Å². The van der Waals surface area contributed by atoms with E-state index < -0.39 is 0 Å². The molecule has 0 bridgehead atoms. The van der Waals surface area contributed by atoms with E-state index in [4.69, 9.17) is 4.42 Å². The molecular weight excluding hydrogens is 669 g/mol. The Hall–Kier alpha value is -7.36. The third-order valence-corrected chi connectivity index (χ3v) is 11.5. The van der Waals surface area contributed by atoms with E-state index in [0.29, 0.717) is 0 Å². The number of hydrogen-bond acceptors (Lipinski definition) is 1. The van der Waals surface area contributed by atoms with E-state index in [1.54, 1.807) is 0 Å². The van der Waals surface area contributed by atoms with E-state index in [2.05, 4.69) is 197 Å². The van der Waals surface area contributed by atoms with Gasteiger partial charge < -0.3 is 13.6 Å². The molecule has 0 N–H and O–H groups in total.